The van der Waals surface area contributed by atoms with Gasteiger partial charge in [-0.05, 0) is 17.0 Å². The Balaban J connectivity index is 2.14. The largest absolute Gasteiger partial charge is 0.371 e. The Morgan fingerprint density at radius 3 is 2.19 bits per heavy atom. The average molecular weight is 216 g/mol. The normalized spacial score (nSPS) is 17.1. The van der Waals surface area contributed by atoms with E-state index in [0.717, 1.165) is 18.9 Å². The van der Waals surface area contributed by atoms with E-state index in [1.165, 1.54) is 11.1 Å². The second kappa shape index (κ2) is 4.69. The fourth-order valence-corrected chi connectivity index (χ4v) is 2.03. The van der Waals surface area contributed by atoms with Gasteiger partial charge in [0.2, 0.25) is 0 Å². The molecule has 0 amide bonds. The van der Waals surface area contributed by atoms with E-state index in [2.05, 4.69) is 55.3 Å². The van der Waals surface area contributed by atoms with Crippen LogP contribution in [0.25, 0.3) is 0 Å². The van der Waals surface area contributed by atoms with Crippen LogP contribution in [0, 0.1) is 0 Å². The standard InChI is InChI=1S/C14H20N2/c1-10(2)12-4-6-13(7-5-12)11(3)14-15-8-9-16-14/h4-7,10-11H,8-9H2,1-3H3,(H,15,16). The third-order valence-corrected chi connectivity index (χ3v) is 3.21. The van der Waals surface area contributed by atoms with Crippen LogP contribution in [-0.4, -0.2) is 18.9 Å². The van der Waals surface area contributed by atoms with Gasteiger partial charge in [-0.1, -0.05) is 45.0 Å². The molecule has 1 aromatic carbocycles. The molecule has 1 N–H and O–H groups in total. The van der Waals surface area contributed by atoms with E-state index in [1.807, 2.05) is 0 Å². The van der Waals surface area contributed by atoms with Gasteiger partial charge in [-0.2, -0.15) is 0 Å². The molecular formula is C14H20N2. The number of aliphatic imine (C=N–C) groups is 1. The Bertz CT molecular complexity index is 376. The Labute approximate surface area is 97.8 Å². The molecule has 0 radical (unpaired) electrons. The van der Waals surface area contributed by atoms with Crippen molar-refractivity contribution in [2.75, 3.05) is 13.1 Å². The number of hydrogen-bond acceptors (Lipinski definition) is 2. The Kier molecular flexibility index (Phi) is 3.28. The van der Waals surface area contributed by atoms with Crippen molar-refractivity contribution in [3.05, 3.63) is 35.4 Å². The highest BCUT2D eigenvalue weighted by molar-refractivity contribution is 5.89. The second-order valence-electron chi connectivity index (χ2n) is 4.74. The van der Waals surface area contributed by atoms with Gasteiger partial charge < -0.3 is 5.32 Å². The smallest absolute Gasteiger partial charge is 0.104 e. The third-order valence-electron chi connectivity index (χ3n) is 3.21. The molecule has 86 valence electrons. The zero-order chi connectivity index (χ0) is 11.5. The molecule has 0 spiro atoms. The summed E-state index contributed by atoms with van der Waals surface area (Å²) in [4.78, 5) is 4.48. The molecule has 0 saturated carbocycles. The van der Waals surface area contributed by atoms with E-state index in [-0.39, 0.29) is 0 Å². The van der Waals surface area contributed by atoms with Gasteiger partial charge in [0.15, 0.2) is 0 Å². The quantitative estimate of drug-likeness (QED) is 0.825. The summed E-state index contributed by atoms with van der Waals surface area (Å²) < 4.78 is 0. The molecule has 0 saturated heterocycles. The molecule has 0 aromatic heterocycles. The van der Waals surface area contributed by atoms with Crippen molar-refractivity contribution in [3.63, 3.8) is 0 Å². The highest BCUT2D eigenvalue weighted by atomic mass is 15.1. The van der Waals surface area contributed by atoms with E-state index >= 15 is 0 Å². The topological polar surface area (TPSA) is 24.4 Å². The maximum absolute atomic E-state index is 4.48. The highest BCUT2D eigenvalue weighted by Gasteiger charge is 2.15. The molecule has 1 aliphatic rings. The number of hydrogen-bond donors (Lipinski definition) is 1. The molecule has 0 aliphatic carbocycles. The summed E-state index contributed by atoms with van der Waals surface area (Å²) in [7, 11) is 0. The molecule has 0 bridgehead atoms. The molecule has 1 aromatic rings. The molecule has 1 heterocycles. The van der Waals surface area contributed by atoms with E-state index in [9.17, 15) is 0 Å². The summed E-state index contributed by atoms with van der Waals surface area (Å²) in [6, 6.07) is 8.91. The first-order valence-corrected chi connectivity index (χ1v) is 6.06. The molecular weight excluding hydrogens is 196 g/mol. The van der Waals surface area contributed by atoms with Crippen molar-refractivity contribution in [2.24, 2.45) is 4.99 Å². The van der Waals surface area contributed by atoms with Crippen molar-refractivity contribution in [3.8, 4) is 0 Å². The molecule has 2 heteroatoms. The van der Waals surface area contributed by atoms with Crippen LogP contribution in [0.1, 0.15) is 43.7 Å². The van der Waals surface area contributed by atoms with Crippen molar-refractivity contribution in [1.82, 2.24) is 5.32 Å². The summed E-state index contributed by atoms with van der Waals surface area (Å²) >= 11 is 0. The summed E-state index contributed by atoms with van der Waals surface area (Å²) in [6.07, 6.45) is 0. The fraction of sp³-hybridized carbons (Fsp3) is 0.500. The zero-order valence-electron chi connectivity index (χ0n) is 10.3. The average Bonchev–Trinajstić information content (AvgIpc) is 2.81. The van der Waals surface area contributed by atoms with E-state index < -0.39 is 0 Å². The monoisotopic (exact) mass is 216 g/mol. The first-order valence-electron chi connectivity index (χ1n) is 6.06. The van der Waals surface area contributed by atoms with E-state index in [4.69, 9.17) is 0 Å². The summed E-state index contributed by atoms with van der Waals surface area (Å²) in [5, 5.41) is 3.34. The van der Waals surface area contributed by atoms with Crippen molar-refractivity contribution < 1.29 is 0 Å². The minimum absolute atomic E-state index is 0.392. The zero-order valence-corrected chi connectivity index (χ0v) is 10.3. The van der Waals surface area contributed by atoms with Crippen LogP contribution < -0.4 is 5.32 Å². The predicted molar refractivity (Wildman–Crippen MR) is 69.3 cm³/mol. The van der Waals surface area contributed by atoms with Crippen molar-refractivity contribution in [2.45, 2.75) is 32.6 Å². The van der Waals surface area contributed by atoms with E-state index in [1.54, 1.807) is 0 Å². The van der Waals surface area contributed by atoms with Gasteiger partial charge in [0.25, 0.3) is 0 Å². The summed E-state index contributed by atoms with van der Waals surface area (Å²) in [5.41, 5.74) is 2.75. The number of rotatable bonds is 3. The third kappa shape index (κ3) is 2.26. The maximum Gasteiger partial charge on any atom is 0.104 e. The lowest BCUT2D eigenvalue weighted by Crippen LogP contribution is -2.23. The lowest BCUT2D eigenvalue weighted by molar-refractivity contribution is 0.862. The number of nitrogens with one attached hydrogen (secondary N) is 1. The van der Waals surface area contributed by atoms with Gasteiger partial charge in [-0.3, -0.25) is 4.99 Å². The molecule has 2 rings (SSSR count). The second-order valence-corrected chi connectivity index (χ2v) is 4.74. The first kappa shape index (κ1) is 11.2. The number of benzene rings is 1. The lowest BCUT2D eigenvalue weighted by atomic mass is 9.95. The van der Waals surface area contributed by atoms with Crippen LogP contribution in [0.5, 0.6) is 0 Å². The summed E-state index contributed by atoms with van der Waals surface area (Å²) in [5.74, 6) is 2.13. The minimum atomic E-state index is 0.392. The highest BCUT2D eigenvalue weighted by Crippen LogP contribution is 2.21. The molecule has 16 heavy (non-hydrogen) atoms. The van der Waals surface area contributed by atoms with Gasteiger partial charge in [-0.15, -0.1) is 0 Å². The SMILES string of the molecule is CC(C)c1ccc(C(C)C2=NCCN2)cc1. The number of nitrogens with zero attached hydrogens (tertiary/aromatic N) is 1. The van der Waals surface area contributed by atoms with Crippen LogP contribution in [0.3, 0.4) is 0 Å². The number of amidine groups is 1. The Morgan fingerprint density at radius 2 is 1.69 bits per heavy atom. The molecule has 1 aliphatic heterocycles. The summed E-state index contributed by atoms with van der Waals surface area (Å²) in [6.45, 7) is 8.57. The van der Waals surface area contributed by atoms with Gasteiger partial charge in [0, 0.05) is 12.5 Å². The molecule has 1 unspecified atom stereocenters. The van der Waals surface area contributed by atoms with Gasteiger partial charge in [0.05, 0.1) is 6.54 Å². The van der Waals surface area contributed by atoms with Crippen molar-refractivity contribution >= 4 is 5.84 Å². The van der Waals surface area contributed by atoms with Gasteiger partial charge in [-0.25, -0.2) is 0 Å². The molecule has 1 atom stereocenters. The van der Waals surface area contributed by atoms with Crippen LogP contribution in [-0.2, 0) is 0 Å². The van der Waals surface area contributed by atoms with Crippen LogP contribution in [0.4, 0.5) is 0 Å². The molecule has 0 fully saturated rings. The fourth-order valence-electron chi connectivity index (χ4n) is 2.03. The predicted octanol–water partition coefficient (Wildman–Crippen LogP) is 2.92. The first-order chi connectivity index (χ1) is 7.68. The Morgan fingerprint density at radius 1 is 1.06 bits per heavy atom. The van der Waals surface area contributed by atoms with E-state index in [0.29, 0.717) is 11.8 Å². The maximum atomic E-state index is 4.48. The minimum Gasteiger partial charge on any atom is -0.371 e. The van der Waals surface area contributed by atoms with Gasteiger partial charge >= 0.3 is 0 Å². The Hall–Kier alpha value is -1.31. The van der Waals surface area contributed by atoms with Crippen LogP contribution in [0.15, 0.2) is 29.3 Å². The molecule has 2 nitrogen and oxygen atoms in total. The van der Waals surface area contributed by atoms with Crippen LogP contribution >= 0.6 is 0 Å². The van der Waals surface area contributed by atoms with Crippen molar-refractivity contribution in [1.29, 1.82) is 0 Å². The van der Waals surface area contributed by atoms with Gasteiger partial charge in [0.1, 0.15) is 5.84 Å². The van der Waals surface area contributed by atoms with Crippen LogP contribution in [0.2, 0.25) is 0 Å². The lowest BCUT2D eigenvalue weighted by Gasteiger charge is -2.14.